The summed E-state index contributed by atoms with van der Waals surface area (Å²) in [7, 11) is 17.2. The number of rotatable bonds is 10. The second kappa shape index (κ2) is 53.7. The fourth-order valence-corrected chi connectivity index (χ4v) is 20.9. The molecule has 16 aromatic rings. The topological polar surface area (TPSA) is 154 Å². The SMILES string of the molecule is CC1(C)COB(c2csc3ccc(C#N)cc23)OC1.CC1(C)COB(c2csc3ccc(F)cc23)OC1.COC(CNCc1cscc1Br)OC.Fc1ccc2scc(Br)c2c1.Fc1ccc2sccc2c1.O=C(O)c1cc2cc(F)ccc2s1.O=Cc1cscc1Br.[2H][B].[2H][B][B].[BH3-]C.[B][BH3-].[C-]#[N+]c1ccc2scc(Br)c2c1.[C-]#[N+]c1ccc2sccc2c1. The molecular formula is C85H79B8Br4F4N4O9S9-2. The van der Waals surface area contributed by atoms with Crippen LogP contribution in [0.2, 0.25) is 6.82 Å². The predicted molar refractivity (Wildman–Crippen MR) is 545 cm³/mol. The zero-order chi connectivity index (χ0) is 91.8. The Morgan fingerprint density at radius 2 is 1.01 bits per heavy atom. The van der Waals surface area contributed by atoms with E-state index in [1.54, 1.807) is 135 Å². The lowest BCUT2D eigenvalue weighted by Crippen LogP contribution is -2.47. The van der Waals surface area contributed by atoms with Gasteiger partial charge in [0.05, 0.1) is 24.8 Å². The van der Waals surface area contributed by atoms with Crippen molar-refractivity contribution in [1.29, 1.82) is 7.93 Å². The van der Waals surface area contributed by atoms with Crippen molar-refractivity contribution in [1.82, 2.24) is 5.32 Å². The number of carbonyl (C=O) groups is 2. The van der Waals surface area contributed by atoms with E-state index in [0.29, 0.717) is 49.6 Å². The molecule has 0 amide bonds. The van der Waals surface area contributed by atoms with Crippen LogP contribution < -0.4 is 16.2 Å². The van der Waals surface area contributed by atoms with Crippen LogP contribution in [0.1, 0.15) is 58.9 Å². The maximum Gasteiger partial charge on any atom is 0.495 e. The number of nitriles is 1. The Balaban J connectivity index is 0.000000217. The molecule has 2 fully saturated rings. The molecule has 0 saturated carbocycles. The Morgan fingerprint density at radius 1 is 0.593 bits per heavy atom. The number of aldehydes is 1. The standard InChI is InChI=1S/C14H14BNO2S.C13H14BFO2S.C9H14BrNO2S.C9H4BrNS.C9H5FO2S.C9H5NS.C8H4BrFS.C8H5FS.C5H3BrOS.CH6B.B2H3.B2H.BH/c1-14(2)8-17-15(18-9-14)12-7-19-13-4-3-10(6-16)5-11(12)13;1-13(2)7-16-14(17-8-13)11-6-18-12-4-3-9(15)5-10(11)12;1-12-9(13-2)4-11-3-7-5-14-6-8(7)10;1-11-6-2-3-9-7(4-6)8(10)5-12-9;10-6-1-2-7-5(3-6)4-8(13-7)9(11)12;1-10-8-2-3-9-7(6-8)4-5-11-9;9-7-4-11-8-2-1-5(10)3-6(7)8;9-7-1-2-8-6(5-7)3-4-10-8;6-5-3-8-2-4(5)1-7;3*1-2;/h3-5,7H,8-9H2,1-2H3;3-6H,7-8H2,1-2H3;5-6,9,11H,3-4H2,1-2H3;2-5H;1-4H,(H,11,12);2-6H;1-4H;1-5H;1-3H;1-2H3;1H3;1H;1H/q;;;;;;;;;2*-1;;/i;;;;;;;;;;;2*1D. The van der Waals surface area contributed by atoms with E-state index in [2.05, 4.69) is 152 Å². The van der Waals surface area contributed by atoms with E-state index in [4.69, 9.17) is 62.0 Å². The normalized spacial score (nSPS) is 12.6. The van der Waals surface area contributed by atoms with E-state index in [-0.39, 0.29) is 67.2 Å². The van der Waals surface area contributed by atoms with Gasteiger partial charge in [-0.2, -0.15) is 42.5 Å². The van der Waals surface area contributed by atoms with E-state index in [9.17, 15) is 27.2 Å². The Hall–Kier alpha value is -6.85. The molecule has 11 heterocycles. The summed E-state index contributed by atoms with van der Waals surface area (Å²) in [6.45, 7) is 28.6. The summed E-state index contributed by atoms with van der Waals surface area (Å²) in [6.07, 6.45) is 0.660. The summed E-state index contributed by atoms with van der Waals surface area (Å²) in [5, 5.41) is 47.7. The predicted octanol–water partition coefficient (Wildman–Crippen LogP) is 23.3. The molecule has 38 heteroatoms. The first kappa shape index (κ1) is 102. The number of carboxylic acid groups (broad SMARTS) is 1. The molecule has 7 aromatic carbocycles. The lowest BCUT2D eigenvalue weighted by molar-refractivity contribution is -0.0989. The summed E-state index contributed by atoms with van der Waals surface area (Å²) in [5.74, 6) is -1.88. The Labute approximate surface area is 794 Å². The second-order valence-corrected chi connectivity index (χ2v) is 38.2. The van der Waals surface area contributed by atoms with Gasteiger partial charge in [-0.05, 0) is 252 Å². The van der Waals surface area contributed by atoms with Crippen molar-refractivity contribution in [3.63, 3.8) is 0 Å². The number of benzene rings is 7. The molecule has 123 heavy (non-hydrogen) atoms. The van der Waals surface area contributed by atoms with Gasteiger partial charge in [-0.15, -0.1) is 79.4 Å². The monoisotopic (exact) mass is 2070 g/mol. The largest absolute Gasteiger partial charge is 0.495 e. The summed E-state index contributed by atoms with van der Waals surface area (Å²) < 4.78 is 107. The molecule has 2 saturated heterocycles. The average Bonchev–Trinajstić information content (AvgIpc) is 1.67. The number of aromatic carboxylic acids is 1. The molecule has 0 aliphatic carbocycles. The van der Waals surface area contributed by atoms with Gasteiger partial charge in [0.15, 0.2) is 24.0 Å². The smallest absolute Gasteiger partial charge is 0.477 e. The molecule has 0 unspecified atom stereocenters. The van der Waals surface area contributed by atoms with E-state index in [0.717, 1.165) is 130 Å². The minimum Gasteiger partial charge on any atom is -0.477 e. The van der Waals surface area contributed by atoms with E-state index in [1.165, 1.54) is 74.2 Å². The van der Waals surface area contributed by atoms with Crippen molar-refractivity contribution in [2.75, 3.05) is 47.2 Å². The number of fused-ring (bicyclic) bond motifs is 7. The van der Waals surface area contributed by atoms with Crippen LogP contribution in [0, 0.1) is 58.6 Å². The van der Waals surface area contributed by atoms with Crippen molar-refractivity contribution < 1.29 is 60.3 Å². The van der Waals surface area contributed by atoms with Crippen LogP contribution in [0.5, 0.6) is 0 Å². The molecule has 629 valence electrons. The fourth-order valence-electron chi connectivity index (χ4n) is 10.8. The summed E-state index contributed by atoms with van der Waals surface area (Å²) >= 11 is 27.7. The zero-order valence-corrected chi connectivity index (χ0v) is 79.4. The molecule has 7 radical (unpaired) electrons. The molecule has 18 rings (SSSR count). The van der Waals surface area contributed by atoms with E-state index in [1.807, 2.05) is 99.0 Å². The number of hydrogen-bond acceptors (Lipinski definition) is 19. The molecule has 0 bridgehead atoms. The summed E-state index contributed by atoms with van der Waals surface area (Å²) in [4.78, 5) is 27.6. The lowest BCUT2D eigenvalue weighted by Gasteiger charge is -2.32. The first-order chi connectivity index (χ1) is 60.2. The van der Waals surface area contributed by atoms with Crippen LogP contribution in [0.25, 0.3) is 80.3 Å². The van der Waals surface area contributed by atoms with Gasteiger partial charge in [0.25, 0.3) is 0 Å². The molecule has 2 N–H and O–H groups in total. The van der Waals surface area contributed by atoms with E-state index >= 15 is 0 Å². The maximum atomic E-state index is 13.3. The Morgan fingerprint density at radius 3 is 1.47 bits per heavy atom. The van der Waals surface area contributed by atoms with Crippen LogP contribution in [0.15, 0.2) is 217 Å². The lowest BCUT2D eigenvalue weighted by atomic mass is 9.75. The number of ether oxygens (including phenoxy) is 2. The van der Waals surface area contributed by atoms with Gasteiger partial charge in [-0.25, -0.2) is 32.0 Å². The van der Waals surface area contributed by atoms with Crippen molar-refractivity contribution in [3.8, 4) is 6.07 Å². The molecule has 0 atom stereocenters. The molecular weight excluding hydrogens is 1990 g/mol. The van der Waals surface area contributed by atoms with Gasteiger partial charge in [0, 0.05) is 188 Å². The van der Waals surface area contributed by atoms with Crippen LogP contribution in [0.3, 0.4) is 0 Å². The molecule has 2 aliphatic rings. The Kier molecular flexibility index (Phi) is 44.3. The van der Waals surface area contributed by atoms with Crippen molar-refractivity contribution in [2.45, 2.75) is 47.4 Å². The van der Waals surface area contributed by atoms with Crippen LogP contribution in [-0.4, -0.2) is 135 Å². The number of carbonyl (C=O) groups excluding carboxylic acids is 1. The molecule has 13 nitrogen and oxygen atoms in total. The number of nitrogens with one attached hydrogen (secondary N) is 1. The maximum absolute atomic E-state index is 13.3. The minimum atomic E-state index is -0.971. The zero-order valence-electron chi connectivity index (χ0n) is 67.7. The van der Waals surface area contributed by atoms with Crippen molar-refractivity contribution in [2.24, 2.45) is 10.8 Å². The van der Waals surface area contributed by atoms with Gasteiger partial charge in [-0.1, -0.05) is 67.5 Å². The minimum absolute atomic E-state index is 0.0492. The van der Waals surface area contributed by atoms with Gasteiger partial charge in [0.2, 0.25) is 0 Å². The van der Waals surface area contributed by atoms with E-state index < -0.39 is 5.97 Å². The third kappa shape index (κ3) is 32.1. The third-order valence-electron chi connectivity index (χ3n) is 16.7. The van der Waals surface area contributed by atoms with Gasteiger partial charge in [0.1, 0.15) is 28.1 Å². The summed E-state index contributed by atoms with van der Waals surface area (Å²) in [5.41, 5.74) is 6.17. The van der Waals surface area contributed by atoms with Gasteiger partial charge >= 0.3 is 20.2 Å². The number of halogens is 8. The molecule has 2 aliphatic heterocycles. The first-order valence-electron chi connectivity index (χ1n) is 36.2. The average molecular weight is 2070 g/mol. The number of carboxylic acids is 1. The van der Waals surface area contributed by atoms with Crippen LogP contribution in [-0.2, 0) is 34.6 Å². The van der Waals surface area contributed by atoms with Crippen molar-refractivity contribution in [3.05, 3.63) is 285 Å². The molecule has 9 aromatic heterocycles. The number of thiophene rings is 9. The summed E-state index contributed by atoms with van der Waals surface area (Å²) in [6, 6.07) is 43.5. The number of nitrogens with zero attached hydrogens (tertiary/aromatic N) is 3. The highest BCUT2D eigenvalue weighted by atomic mass is 79.9. The highest BCUT2D eigenvalue weighted by Crippen LogP contribution is 2.36. The third-order valence-corrected chi connectivity index (χ3v) is 29.0. The quantitative estimate of drug-likeness (QED) is 0.0442. The first-order valence-corrected chi connectivity index (χ1v) is 46.2. The van der Waals surface area contributed by atoms with Crippen molar-refractivity contribution >= 4 is 332 Å². The van der Waals surface area contributed by atoms with Gasteiger partial charge in [-0.3, -0.25) is 4.79 Å². The fraction of sp³-hybridized carbons (Fsp3) is 0.188. The Bertz CT molecular complexity index is 6160. The second-order valence-electron chi connectivity index (χ2n) is 26.7. The van der Waals surface area contributed by atoms with Gasteiger partial charge < -0.3 is 38.5 Å². The number of hydrogen-bond donors (Lipinski definition) is 2. The molecule has 0 spiro atoms. The van der Waals surface area contributed by atoms with Crippen LogP contribution >= 0.6 is 166 Å². The highest BCUT2D eigenvalue weighted by molar-refractivity contribution is 9.11. The van der Waals surface area contributed by atoms with Crippen LogP contribution in [0.4, 0.5) is 28.9 Å². The highest BCUT2D eigenvalue weighted by Gasteiger charge is 2.36. The number of methoxy groups -OCH3 is 2.